The van der Waals surface area contributed by atoms with Gasteiger partial charge in [-0.2, -0.15) is 0 Å². The van der Waals surface area contributed by atoms with Crippen molar-refractivity contribution in [2.45, 2.75) is 26.8 Å². The Morgan fingerprint density at radius 3 is 2.67 bits per heavy atom. The maximum absolute atomic E-state index is 5.40. The number of anilines is 1. The van der Waals surface area contributed by atoms with Crippen LogP contribution in [-0.4, -0.2) is 27.7 Å². The molecular formula is C13H18N4O. The van der Waals surface area contributed by atoms with Crippen LogP contribution in [-0.2, 0) is 0 Å². The number of aromatic nitrogens is 3. The molecule has 2 aromatic rings. The van der Waals surface area contributed by atoms with Crippen LogP contribution < -0.4 is 10.1 Å². The van der Waals surface area contributed by atoms with Gasteiger partial charge in [-0.1, -0.05) is 0 Å². The van der Waals surface area contributed by atoms with Gasteiger partial charge in [0.1, 0.15) is 17.3 Å². The van der Waals surface area contributed by atoms with Crippen molar-refractivity contribution in [1.29, 1.82) is 0 Å². The van der Waals surface area contributed by atoms with E-state index in [1.807, 2.05) is 23.8 Å². The Bertz CT molecular complexity index is 534. The van der Waals surface area contributed by atoms with Crippen molar-refractivity contribution < 1.29 is 4.74 Å². The largest absolute Gasteiger partial charge is 0.494 e. The minimum atomic E-state index is 0.337. The minimum absolute atomic E-state index is 0.337. The number of hydrogen-bond donors (Lipinski definition) is 1. The topological polar surface area (TPSA) is 52.0 Å². The summed E-state index contributed by atoms with van der Waals surface area (Å²) >= 11 is 0. The van der Waals surface area contributed by atoms with Crippen LogP contribution >= 0.6 is 0 Å². The van der Waals surface area contributed by atoms with Crippen molar-refractivity contribution in [3.05, 3.63) is 30.5 Å². The van der Waals surface area contributed by atoms with Crippen molar-refractivity contribution >= 4 is 5.82 Å². The van der Waals surface area contributed by atoms with Gasteiger partial charge in [0.05, 0.1) is 25.3 Å². The molecule has 18 heavy (non-hydrogen) atoms. The third kappa shape index (κ3) is 2.61. The highest BCUT2D eigenvalue weighted by atomic mass is 16.5. The van der Waals surface area contributed by atoms with Gasteiger partial charge in [0, 0.05) is 18.3 Å². The summed E-state index contributed by atoms with van der Waals surface area (Å²) in [5.74, 6) is 1.58. The van der Waals surface area contributed by atoms with Crippen LogP contribution in [0.4, 0.5) is 5.82 Å². The number of hydrogen-bond acceptors (Lipinski definition) is 4. The van der Waals surface area contributed by atoms with Gasteiger partial charge in [0.15, 0.2) is 0 Å². The highest BCUT2D eigenvalue weighted by Crippen LogP contribution is 2.24. The smallest absolute Gasteiger partial charge is 0.148 e. The van der Waals surface area contributed by atoms with E-state index >= 15 is 0 Å². The second-order valence-corrected chi connectivity index (χ2v) is 4.46. The summed E-state index contributed by atoms with van der Waals surface area (Å²) in [4.78, 5) is 8.58. The molecule has 2 rings (SSSR count). The van der Waals surface area contributed by atoms with Crippen LogP contribution in [0.3, 0.4) is 0 Å². The standard InChI is InChI=1S/C13H18N4O/c1-9(2)16-13-5-12(18-4)11(6-14-13)17-7-10(3)15-8-17/h5-9H,1-4H3,(H,14,16). The van der Waals surface area contributed by atoms with Crippen molar-refractivity contribution in [3.8, 4) is 11.4 Å². The van der Waals surface area contributed by atoms with E-state index in [9.17, 15) is 0 Å². The Morgan fingerprint density at radius 2 is 2.11 bits per heavy atom. The lowest BCUT2D eigenvalue weighted by molar-refractivity contribution is 0.412. The minimum Gasteiger partial charge on any atom is -0.494 e. The van der Waals surface area contributed by atoms with Gasteiger partial charge in [-0.15, -0.1) is 0 Å². The summed E-state index contributed by atoms with van der Waals surface area (Å²) in [6, 6.07) is 2.23. The molecule has 0 atom stereocenters. The zero-order chi connectivity index (χ0) is 13.1. The lowest BCUT2D eigenvalue weighted by Crippen LogP contribution is -2.11. The van der Waals surface area contributed by atoms with Gasteiger partial charge in [-0.05, 0) is 20.8 Å². The van der Waals surface area contributed by atoms with Crippen molar-refractivity contribution in [3.63, 3.8) is 0 Å². The fourth-order valence-electron chi connectivity index (χ4n) is 1.71. The second-order valence-electron chi connectivity index (χ2n) is 4.46. The molecule has 2 aromatic heterocycles. The highest BCUT2D eigenvalue weighted by Gasteiger charge is 2.08. The van der Waals surface area contributed by atoms with Gasteiger partial charge in [-0.25, -0.2) is 9.97 Å². The van der Waals surface area contributed by atoms with Crippen LogP contribution in [0.15, 0.2) is 24.8 Å². The van der Waals surface area contributed by atoms with Crippen molar-refractivity contribution in [2.24, 2.45) is 0 Å². The first-order valence-corrected chi connectivity index (χ1v) is 5.91. The van der Waals surface area contributed by atoms with Gasteiger partial charge in [-0.3, -0.25) is 0 Å². The molecule has 0 aliphatic rings. The van der Waals surface area contributed by atoms with E-state index < -0.39 is 0 Å². The first kappa shape index (κ1) is 12.4. The van der Waals surface area contributed by atoms with E-state index in [1.165, 1.54) is 0 Å². The zero-order valence-corrected chi connectivity index (χ0v) is 11.1. The van der Waals surface area contributed by atoms with Crippen molar-refractivity contribution in [2.75, 3.05) is 12.4 Å². The number of ether oxygens (including phenoxy) is 1. The lowest BCUT2D eigenvalue weighted by atomic mass is 10.3. The van der Waals surface area contributed by atoms with Gasteiger partial charge in [0.25, 0.3) is 0 Å². The quantitative estimate of drug-likeness (QED) is 0.900. The Hall–Kier alpha value is -2.04. The highest BCUT2D eigenvalue weighted by molar-refractivity contribution is 5.52. The molecule has 1 N–H and O–H groups in total. The molecule has 0 unspecified atom stereocenters. The number of pyridine rings is 1. The number of imidazole rings is 1. The molecule has 96 valence electrons. The van der Waals surface area contributed by atoms with E-state index in [4.69, 9.17) is 4.74 Å². The summed E-state index contributed by atoms with van der Waals surface area (Å²) in [6.45, 7) is 6.09. The molecule has 0 aromatic carbocycles. The van der Waals surface area contributed by atoms with Gasteiger partial charge < -0.3 is 14.6 Å². The molecule has 0 radical (unpaired) electrons. The van der Waals surface area contributed by atoms with E-state index in [0.717, 1.165) is 22.9 Å². The van der Waals surface area contributed by atoms with Crippen LogP contribution in [0, 0.1) is 6.92 Å². The molecule has 5 heteroatoms. The van der Waals surface area contributed by atoms with E-state index in [-0.39, 0.29) is 0 Å². The normalized spacial score (nSPS) is 10.7. The third-order valence-electron chi connectivity index (χ3n) is 2.49. The molecule has 5 nitrogen and oxygen atoms in total. The molecule has 2 heterocycles. The maximum atomic E-state index is 5.40. The number of aryl methyl sites for hydroxylation is 1. The monoisotopic (exact) mass is 246 g/mol. The lowest BCUT2D eigenvalue weighted by Gasteiger charge is -2.13. The summed E-state index contributed by atoms with van der Waals surface area (Å²) in [5.41, 5.74) is 1.84. The Morgan fingerprint density at radius 1 is 1.33 bits per heavy atom. The molecule has 0 aliphatic heterocycles. The fraction of sp³-hybridized carbons (Fsp3) is 0.385. The number of rotatable bonds is 4. The molecule has 0 bridgehead atoms. The molecule has 0 fully saturated rings. The second kappa shape index (κ2) is 5.08. The van der Waals surface area contributed by atoms with Crippen LogP contribution in [0.1, 0.15) is 19.5 Å². The first-order valence-electron chi connectivity index (χ1n) is 5.91. The molecule has 0 saturated carbocycles. The summed E-state index contributed by atoms with van der Waals surface area (Å²) in [5, 5.41) is 3.25. The van der Waals surface area contributed by atoms with Gasteiger partial charge >= 0.3 is 0 Å². The zero-order valence-electron chi connectivity index (χ0n) is 11.1. The molecule has 0 spiro atoms. The number of nitrogens with one attached hydrogen (secondary N) is 1. The van der Waals surface area contributed by atoms with Crippen molar-refractivity contribution in [1.82, 2.24) is 14.5 Å². The SMILES string of the molecule is COc1cc(NC(C)C)ncc1-n1cnc(C)c1. The van der Waals surface area contributed by atoms with Gasteiger partial charge in [0.2, 0.25) is 0 Å². The molecule has 0 aliphatic carbocycles. The maximum Gasteiger partial charge on any atom is 0.148 e. The molecule has 0 amide bonds. The Labute approximate surface area is 107 Å². The Kier molecular flexibility index (Phi) is 3.50. The number of nitrogens with zero attached hydrogens (tertiary/aromatic N) is 3. The predicted molar refractivity (Wildman–Crippen MR) is 71.4 cm³/mol. The molecular weight excluding hydrogens is 228 g/mol. The fourth-order valence-corrected chi connectivity index (χ4v) is 1.71. The predicted octanol–water partition coefficient (Wildman–Crippen LogP) is 2.40. The van der Waals surface area contributed by atoms with E-state index in [2.05, 4.69) is 29.1 Å². The average Bonchev–Trinajstić information content (AvgIpc) is 2.74. The van der Waals surface area contributed by atoms with Crippen LogP contribution in [0.25, 0.3) is 5.69 Å². The number of methoxy groups -OCH3 is 1. The average molecular weight is 246 g/mol. The summed E-state index contributed by atoms with van der Waals surface area (Å²) in [6.07, 6.45) is 5.48. The summed E-state index contributed by atoms with van der Waals surface area (Å²) in [7, 11) is 1.65. The Balaban J connectivity index is 2.37. The first-order chi connectivity index (χ1) is 8.60. The van der Waals surface area contributed by atoms with Crippen LogP contribution in [0.5, 0.6) is 5.75 Å². The summed E-state index contributed by atoms with van der Waals surface area (Å²) < 4.78 is 7.31. The molecule has 0 saturated heterocycles. The van der Waals surface area contributed by atoms with E-state index in [0.29, 0.717) is 6.04 Å². The van der Waals surface area contributed by atoms with Crippen LogP contribution in [0.2, 0.25) is 0 Å². The van der Waals surface area contributed by atoms with E-state index in [1.54, 1.807) is 19.6 Å². The third-order valence-corrected chi connectivity index (χ3v) is 2.49.